The van der Waals surface area contributed by atoms with Crippen LogP contribution in [0.3, 0.4) is 0 Å². The van der Waals surface area contributed by atoms with Crippen molar-refractivity contribution in [1.29, 1.82) is 0 Å². The Balaban J connectivity index is 1.70. The first-order valence-corrected chi connectivity index (χ1v) is 7.64. The highest BCUT2D eigenvalue weighted by Gasteiger charge is 2.27. The number of hydrogen-bond acceptors (Lipinski definition) is 4. The summed E-state index contributed by atoms with van der Waals surface area (Å²) in [4.78, 5) is 11.9. The van der Waals surface area contributed by atoms with Crippen molar-refractivity contribution in [2.45, 2.75) is 39.2 Å². The third-order valence-electron chi connectivity index (χ3n) is 3.84. The third kappa shape index (κ3) is 4.62. The summed E-state index contributed by atoms with van der Waals surface area (Å²) in [6, 6.07) is -0.262. The van der Waals surface area contributed by atoms with Gasteiger partial charge in [-0.05, 0) is 24.7 Å². The highest BCUT2D eigenvalue weighted by Crippen LogP contribution is 2.30. The van der Waals surface area contributed by atoms with E-state index in [-0.39, 0.29) is 17.6 Å². The Bertz CT molecular complexity index is 503. The summed E-state index contributed by atoms with van der Waals surface area (Å²) in [5.74, 6) is 0.399. The van der Waals surface area contributed by atoms with Gasteiger partial charge in [0.15, 0.2) is 0 Å². The van der Waals surface area contributed by atoms with E-state index in [1.54, 1.807) is 17.9 Å². The summed E-state index contributed by atoms with van der Waals surface area (Å²) in [5, 5.41) is 9.65. The molecule has 2 amide bonds. The van der Waals surface area contributed by atoms with Crippen LogP contribution >= 0.6 is 0 Å². The van der Waals surface area contributed by atoms with Gasteiger partial charge in [-0.3, -0.25) is 4.68 Å². The molecule has 1 fully saturated rings. The molecule has 1 saturated heterocycles. The summed E-state index contributed by atoms with van der Waals surface area (Å²) < 4.78 is 12.5. The van der Waals surface area contributed by atoms with E-state index in [1.165, 1.54) is 7.11 Å². The van der Waals surface area contributed by atoms with Gasteiger partial charge in [0.25, 0.3) is 5.88 Å². The summed E-state index contributed by atoms with van der Waals surface area (Å²) in [6.07, 6.45) is 4.98. The van der Waals surface area contributed by atoms with E-state index >= 15 is 0 Å². The van der Waals surface area contributed by atoms with Crippen LogP contribution in [0, 0.1) is 5.41 Å². The van der Waals surface area contributed by atoms with Crippen molar-refractivity contribution in [1.82, 2.24) is 15.1 Å². The summed E-state index contributed by atoms with van der Waals surface area (Å²) in [5.41, 5.74) is 0.830. The average Bonchev–Trinajstić information content (AvgIpc) is 2.80. The molecule has 0 unspecified atom stereocenters. The zero-order valence-corrected chi connectivity index (χ0v) is 13.8. The first kappa shape index (κ1) is 16.6. The Morgan fingerprint density at radius 1 is 1.59 bits per heavy atom. The average molecular weight is 310 g/mol. The fraction of sp³-hybridized carbons (Fsp3) is 0.733. The number of rotatable bonds is 5. The van der Waals surface area contributed by atoms with E-state index in [0.29, 0.717) is 18.1 Å². The number of methoxy groups -OCH3 is 1. The number of nitrogens with zero attached hydrogens (tertiary/aromatic N) is 2. The largest absolute Gasteiger partial charge is 0.478 e. The SMILES string of the molecule is COc1nn(C)cc1NC(=O)NCC[C@H]1CCC(C)(C)CO1. The van der Waals surface area contributed by atoms with E-state index < -0.39 is 0 Å². The Morgan fingerprint density at radius 3 is 3.00 bits per heavy atom. The van der Waals surface area contributed by atoms with Crippen molar-refractivity contribution in [2.24, 2.45) is 12.5 Å². The zero-order valence-electron chi connectivity index (χ0n) is 13.8. The van der Waals surface area contributed by atoms with Crippen LogP contribution in [-0.4, -0.2) is 42.2 Å². The predicted molar refractivity (Wildman–Crippen MR) is 84.2 cm³/mol. The molecule has 1 aromatic rings. The van der Waals surface area contributed by atoms with E-state index in [9.17, 15) is 4.79 Å². The van der Waals surface area contributed by atoms with Crippen molar-refractivity contribution in [3.8, 4) is 5.88 Å². The third-order valence-corrected chi connectivity index (χ3v) is 3.84. The lowest BCUT2D eigenvalue weighted by Crippen LogP contribution is -2.35. The Kier molecular flexibility index (Phi) is 5.28. The summed E-state index contributed by atoms with van der Waals surface area (Å²) in [7, 11) is 3.29. The van der Waals surface area contributed by atoms with E-state index in [4.69, 9.17) is 9.47 Å². The molecule has 0 aliphatic carbocycles. The Hall–Kier alpha value is -1.76. The molecule has 22 heavy (non-hydrogen) atoms. The molecule has 7 heteroatoms. The van der Waals surface area contributed by atoms with Gasteiger partial charge in [0.05, 0.1) is 26.0 Å². The topological polar surface area (TPSA) is 77.4 Å². The lowest BCUT2D eigenvalue weighted by atomic mass is 9.85. The minimum absolute atomic E-state index is 0.237. The second-order valence-electron chi connectivity index (χ2n) is 6.53. The highest BCUT2D eigenvalue weighted by molar-refractivity contribution is 5.90. The van der Waals surface area contributed by atoms with Crippen molar-refractivity contribution in [3.05, 3.63) is 6.20 Å². The van der Waals surface area contributed by atoms with Crippen LogP contribution in [0.1, 0.15) is 33.1 Å². The van der Waals surface area contributed by atoms with E-state index in [2.05, 4.69) is 29.6 Å². The number of carbonyl (C=O) groups excluding carboxylic acids is 1. The fourth-order valence-electron chi connectivity index (χ4n) is 2.50. The van der Waals surface area contributed by atoms with Gasteiger partial charge in [0.1, 0.15) is 5.69 Å². The van der Waals surface area contributed by atoms with Gasteiger partial charge in [0, 0.05) is 13.6 Å². The number of urea groups is 1. The molecule has 1 aliphatic rings. The van der Waals surface area contributed by atoms with Crippen LogP contribution < -0.4 is 15.4 Å². The smallest absolute Gasteiger partial charge is 0.319 e. The molecule has 0 spiro atoms. The molecule has 0 aromatic carbocycles. The summed E-state index contributed by atoms with van der Waals surface area (Å²) in [6.45, 7) is 5.81. The van der Waals surface area contributed by atoms with Gasteiger partial charge in [-0.15, -0.1) is 5.10 Å². The maximum absolute atomic E-state index is 11.9. The minimum Gasteiger partial charge on any atom is -0.478 e. The number of carbonyl (C=O) groups is 1. The Labute approximate surface area is 131 Å². The first-order valence-electron chi connectivity index (χ1n) is 7.64. The number of amides is 2. The molecule has 1 aromatic heterocycles. The van der Waals surface area contributed by atoms with E-state index in [1.807, 2.05) is 0 Å². The molecular formula is C15H26N4O3. The molecule has 7 nitrogen and oxygen atoms in total. The van der Waals surface area contributed by atoms with Gasteiger partial charge in [0.2, 0.25) is 0 Å². The maximum Gasteiger partial charge on any atom is 0.319 e. The van der Waals surface area contributed by atoms with Gasteiger partial charge in [-0.25, -0.2) is 4.79 Å². The molecular weight excluding hydrogens is 284 g/mol. The first-order chi connectivity index (χ1) is 10.4. The van der Waals surface area contributed by atoms with Crippen molar-refractivity contribution >= 4 is 11.7 Å². The number of hydrogen-bond donors (Lipinski definition) is 2. The van der Waals surface area contributed by atoms with Gasteiger partial charge in [-0.2, -0.15) is 0 Å². The molecule has 0 radical (unpaired) electrons. The standard InChI is InChI=1S/C15H26N4O3/c1-15(2)7-5-11(22-10-15)6-8-16-14(20)17-12-9-19(3)18-13(12)21-4/h9,11H,5-8,10H2,1-4H3,(H2,16,17,20)/t11-/m1/s1. The molecule has 1 aliphatic heterocycles. The second kappa shape index (κ2) is 7.00. The molecule has 124 valence electrons. The van der Waals surface area contributed by atoms with Crippen molar-refractivity contribution in [2.75, 3.05) is 25.6 Å². The predicted octanol–water partition coefficient (Wildman–Crippen LogP) is 2.15. The molecule has 2 rings (SSSR count). The lowest BCUT2D eigenvalue weighted by molar-refractivity contribution is -0.0505. The van der Waals surface area contributed by atoms with Crippen LogP contribution in [0.25, 0.3) is 0 Å². The minimum atomic E-state index is -0.262. The quantitative estimate of drug-likeness (QED) is 0.873. The summed E-state index contributed by atoms with van der Waals surface area (Å²) >= 11 is 0. The molecule has 2 N–H and O–H groups in total. The van der Waals surface area contributed by atoms with Crippen molar-refractivity contribution < 1.29 is 14.3 Å². The van der Waals surface area contributed by atoms with Crippen LogP contribution in [0.5, 0.6) is 5.88 Å². The molecule has 1 atom stereocenters. The van der Waals surface area contributed by atoms with Crippen LogP contribution in [0.15, 0.2) is 6.20 Å². The fourth-order valence-corrected chi connectivity index (χ4v) is 2.50. The molecule has 0 bridgehead atoms. The number of anilines is 1. The van der Waals surface area contributed by atoms with Crippen LogP contribution in [-0.2, 0) is 11.8 Å². The monoisotopic (exact) mass is 310 g/mol. The van der Waals surface area contributed by atoms with Crippen molar-refractivity contribution in [3.63, 3.8) is 0 Å². The Morgan fingerprint density at radius 2 is 2.36 bits per heavy atom. The molecule has 0 saturated carbocycles. The van der Waals surface area contributed by atoms with Crippen LogP contribution in [0.4, 0.5) is 10.5 Å². The van der Waals surface area contributed by atoms with E-state index in [0.717, 1.165) is 25.9 Å². The number of aromatic nitrogens is 2. The van der Waals surface area contributed by atoms with Gasteiger partial charge < -0.3 is 20.1 Å². The molecule has 2 heterocycles. The lowest BCUT2D eigenvalue weighted by Gasteiger charge is -2.34. The number of nitrogens with one attached hydrogen (secondary N) is 2. The second-order valence-corrected chi connectivity index (χ2v) is 6.53. The zero-order chi connectivity index (χ0) is 16.2. The number of aryl methyl sites for hydroxylation is 1. The van der Waals surface area contributed by atoms with Gasteiger partial charge in [-0.1, -0.05) is 13.8 Å². The normalized spacial score (nSPS) is 20.5. The van der Waals surface area contributed by atoms with Crippen LogP contribution in [0.2, 0.25) is 0 Å². The maximum atomic E-state index is 11.9. The highest BCUT2D eigenvalue weighted by atomic mass is 16.5. The van der Waals surface area contributed by atoms with Gasteiger partial charge >= 0.3 is 6.03 Å². The number of ether oxygens (including phenoxy) is 2.